The van der Waals surface area contributed by atoms with E-state index in [1.54, 1.807) is 0 Å². The van der Waals surface area contributed by atoms with Gasteiger partial charge in [-0.25, -0.2) is 9.97 Å². The van der Waals surface area contributed by atoms with Crippen molar-refractivity contribution < 1.29 is 9.53 Å². The van der Waals surface area contributed by atoms with Gasteiger partial charge in [-0.15, -0.1) is 0 Å². The van der Waals surface area contributed by atoms with Gasteiger partial charge in [-0.05, 0) is 12.3 Å². The zero-order valence-corrected chi connectivity index (χ0v) is 14.7. The Hall–Kier alpha value is -2.33. The number of nitrogens with one attached hydrogen (secondary N) is 2. The molecule has 0 bridgehead atoms. The van der Waals surface area contributed by atoms with Gasteiger partial charge in [0.1, 0.15) is 18.0 Å². The summed E-state index contributed by atoms with van der Waals surface area (Å²) in [7, 11) is 3.85. The molecule has 0 aliphatic carbocycles. The lowest BCUT2D eigenvalue weighted by Gasteiger charge is -2.32. The molecule has 2 N–H and O–H groups in total. The highest BCUT2D eigenvalue weighted by molar-refractivity contribution is 5.93. The van der Waals surface area contributed by atoms with Crippen molar-refractivity contribution in [2.45, 2.75) is 32.4 Å². The van der Waals surface area contributed by atoms with Crippen LogP contribution in [0.4, 0.5) is 11.6 Å². The summed E-state index contributed by atoms with van der Waals surface area (Å²) in [6, 6.07) is 1.76. The van der Waals surface area contributed by atoms with Crippen molar-refractivity contribution in [3.8, 4) is 11.8 Å². The van der Waals surface area contributed by atoms with Gasteiger partial charge in [-0.3, -0.25) is 4.79 Å². The first-order valence-corrected chi connectivity index (χ1v) is 8.11. The van der Waals surface area contributed by atoms with Gasteiger partial charge >= 0.3 is 0 Å². The highest BCUT2D eigenvalue weighted by Gasteiger charge is 2.27. The summed E-state index contributed by atoms with van der Waals surface area (Å²) in [5.41, 5.74) is 0. The molecule has 2 heterocycles. The van der Waals surface area contributed by atoms with Crippen molar-refractivity contribution >= 4 is 17.5 Å². The molecular formula is C17H25N5O2. The Kier molecular flexibility index (Phi) is 6.38. The summed E-state index contributed by atoms with van der Waals surface area (Å²) < 4.78 is 5.54. The molecule has 1 aromatic heterocycles. The monoisotopic (exact) mass is 331 g/mol. The number of hydrogen-bond donors (Lipinski definition) is 2. The Morgan fingerprint density at radius 3 is 2.88 bits per heavy atom. The number of aromatic nitrogens is 2. The summed E-state index contributed by atoms with van der Waals surface area (Å²) in [6.45, 7) is 5.03. The maximum absolute atomic E-state index is 12.0. The van der Waals surface area contributed by atoms with E-state index in [2.05, 4.69) is 32.4 Å². The fourth-order valence-corrected chi connectivity index (χ4v) is 2.33. The lowest BCUT2D eigenvalue weighted by Crippen LogP contribution is -2.52. The molecule has 130 valence electrons. The minimum atomic E-state index is -0.251. The molecule has 24 heavy (non-hydrogen) atoms. The van der Waals surface area contributed by atoms with Gasteiger partial charge in [-0.2, -0.15) is 0 Å². The van der Waals surface area contributed by atoms with E-state index >= 15 is 0 Å². The van der Waals surface area contributed by atoms with Gasteiger partial charge in [0.05, 0.1) is 18.7 Å². The van der Waals surface area contributed by atoms with Crippen molar-refractivity contribution in [2.75, 3.05) is 37.5 Å². The molecule has 1 aliphatic heterocycles. The second-order valence-electron chi connectivity index (χ2n) is 6.27. The van der Waals surface area contributed by atoms with Crippen LogP contribution in [-0.2, 0) is 9.53 Å². The number of carbonyl (C=O) groups excluding carboxylic acids is 1. The van der Waals surface area contributed by atoms with Crippen LogP contribution < -0.4 is 15.5 Å². The van der Waals surface area contributed by atoms with Crippen molar-refractivity contribution in [3.63, 3.8) is 0 Å². The Labute approximate surface area is 143 Å². The first kappa shape index (κ1) is 18.0. The SMILES string of the molecule is CC(C)C#CC(=O)N[C@H]1CCOC[C@H]1Nc1cc(N(C)C)ncn1. The molecule has 1 amide bonds. The van der Waals surface area contributed by atoms with Crippen LogP contribution in [0.2, 0.25) is 0 Å². The van der Waals surface area contributed by atoms with Gasteiger partial charge in [-0.1, -0.05) is 19.8 Å². The summed E-state index contributed by atoms with van der Waals surface area (Å²) in [5, 5.41) is 6.30. The van der Waals surface area contributed by atoms with Crippen LogP contribution in [0.1, 0.15) is 20.3 Å². The number of rotatable bonds is 4. The minimum Gasteiger partial charge on any atom is -0.379 e. The third-order valence-corrected chi connectivity index (χ3v) is 3.59. The van der Waals surface area contributed by atoms with E-state index in [0.717, 1.165) is 12.2 Å². The van der Waals surface area contributed by atoms with Crippen LogP contribution in [0.3, 0.4) is 0 Å². The molecule has 7 heteroatoms. The van der Waals surface area contributed by atoms with Crippen LogP contribution in [0.5, 0.6) is 0 Å². The van der Waals surface area contributed by atoms with Crippen molar-refractivity contribution in [1.29, 1.82) is 0 Å². The predicted molar refractivity (Wildman–Crippen MR) is 93.8 cm³/mol. The molecule has 2 atom stereocenters. The lowest BCUT2D eigenvalue weighted by atomic mass is 10.0. The number of ether oxygens (including phenoxy) is 1. The Morgan fingerprint density at radius 2 is 2.17 bits per heavy atom. The Balaban J connectivity index is 2.03. The van der Waals surface area contributed by atoms with E-state index in [4.69, 9.17) is 4.74 Å². The molecule has 0 spiro atoms. The smallest absolute Gasteiger partial charge is 0.296 e. The number of hydrogen-bond acceptors (Lipinski definition) is 6. The predicted octanol–water partition coefficient (Wildman–Crippen LogP) is 0.888. The first-order chi connectivity index (χ1) is 11.5. The molecule has 7 nitrogen and oxygen atoms in total. The molecule has 1 saturated heterocycles. The van der Waals surface area contributed by atoms with Crippen molar-refractivity contribution in [1.82, 2.24) is 15.3 Å². The first-order valence-electron chi connectivity index (χ1n) is 8.11. The minimum absolute atomic E-state index is 0.0505. The highest BCUT2D eigenvalue weighted by Crippen LogP contribution is 2.16. The fraction of sp³-hybridized carbons (Fsp3) is 0.588. The Bertz CT molecular complexity index is 621. The molecule has 2 rings (SSSR count). The van der Waals surface area contributed by atoms with Crippen molar-refractivity contribution in [3.05, 3.63) is 12.4 Å². The highest BCUT2D eigenvalue weighted by atomic mass is 16.5. The van der Waals surface area contributed by atoms with Crippen LogP contribution in [0, 0.1) is 17.8 Å². The second-order valence-corrected chi connectivity index (χ2v) is 6.27. The van der Waals surface area contributed by atoms with E-state index in [1.807, 2.05) is 38.9 Å². The molecule has 1 aliphatic rings. The van der Waals surface area contributed by atoms with Crippen LogP contribution in [0.25, 0.3) is 0 Å². The molecule has 1 fully saturated rings. The number of nitrogens with zero attached hydrogens (tertiary/aromatic N) is 3. The molecule has 1 aromatic rings. The van der Waals surface area contributed by atoms with Crippen LogP contribution in [-0.4, -0.2) is 55.3 Å². The number of carbonyl (C=O) groups is 1. The van der Waals surface area contributed by atoms with Gasteiger partial charge in [0, 0.05) is 32.7 Å². The van der Waals surface area contributed by atoms with Gasteiger partial charge in [0.2, 0.25) is 0 Å². The number of amides is 1. The average molecular weight is 331 g/mol. The summed E-state index contributed by atoms with van der Waals surface area (Å²) in [4.78, 5) is 22.3. The number of anilines is 2. The van der Waals surface area contributed by atoms with Crippen molar-refractivity contribution in [2.24, 2.45) is 5.92 Å². The largest absolute Gasteiger partial charge is 0.379 e. The standard InChI is InChI=1S/C17H25N5O2/c1-12(2)5-6-17(23)21-13-7-8-24-10-14(13)20-15-9-16(22(3)4)19-11-18-15/h9,11-14H,7-8,10H2,1-4H3,(H,21,23)(H,18,19,20)/t13-,14+/m0/s1. The quantitative estimate of drug-likeness (QED) is 0.798. The fourth-order valence-electron chi connectivity index (χ4n) is 2.33. The molecule has 0 radical (unpaired) electrons. The molecule has 0 aromatic carbocycles. The molecular weight excluding hydrogens is 306 g/mol. The maximum atomic E-state index is 12.0. The summed E-state index contributed by atoms with van der Waals surface area (Å²) in [5.74, 6) is 6.95. The topological polar surface area (TPSA) is 79.4 Å². The van der Waals surface area contributed by atoms with Gasteiger partial charge in [0.15, 0.2) is 0 Å². The van der Waals surface area contributed by atoms with Gasteiger partial charge < -0.3 is 20.3 Å². The molecule has 0 unspecified atom stereocenters. The molecule has 0 saturated carbocycles. The maximum Gasteiger partial charge on any atom is 0.296 e. The zero-order valence-electron chi connectivity index (χ0n) is 14.7. The Morgan fingerprint density at radius 1 is 1.38 bits per heavy atom. The third-order valence-electron chi connectivity index (χ3n) is 3.59. The average Bonchev–Trinajstić information content (AvgIpc) is 2.55. The third kappa shape index (κ3) is 5.39. The zero-order chi connectivity index (χ0) is 17.5. The summed E-state index contributed by atoms with van der Waals surface area (Å²) >= 11 is 0. The van der Waals surface area contributed by atoms with Gasteiger partial charge in [0.25, 0.3) is 5.91 Å². The lowest BCUT2D eigenvalue weighted by molar-refractivity contribution is -0.117. The van der Waals surface area contributed by atoms with E-state index < -0.39 is 0 Å². The van der Waals surface area contributed by atoms with E-state index in [1.165, 1.54) is 6.33 Å². The summed E-state index contributed by atoms with van der Waals surface area (Å²) in [6.07, 6.45) is 2.25. The van der Waals surface area contributed by atoms with E-state index in [-0.39, 0.29) is 23.9 Å². The van der Waals surface area contributed by atoms with Crippen LogP contribution in [0.15, 0.2) is 12.4 Å². The second kappa shape index (κ2) is 8.50. The van der Waals surface area contributed by atoms with E-state index in [0.29, 0.717) is 19.0 Å². The normalized spacial score (nSPS) is 20.0. The van der Waals surface area contributed by atoms with E-state index in [9.17, 15) is 4.79 Å². The van der Waals surface area contributed by atoms with Crippen LogP contribution >= 0.6 is 0 Å².